The molecule has 31 heavy (non-hydrogen) atoms. The van der Waals surface area contributed by atoms with Crippen molar-refractivity contribution in [1.82, 2.24) is 10.2 Å². The monoisotopic (exact) mass is 428 g/mol. The Balaban J connectivity index is 2.14. The molecule has 2 rings (SSSR count). The van der Waals surface area contributed by atoms with Gasteiger partial charge in [-0.05, 0) is 54.7 Å². The first-order valence-electron chi connectivity index (χ1n) is 11.0. The lowest BCUT2D eigenvalue weighted by Crippen LogP contribution is -2.50. The molecule has 5 nitrogen and oxygen atoms in total. The van der Waals surface area contributed by atoms with Gasteiger partial charge in [0.05, 0.1) is 0 Å². The number of unbranched alkanes of at least 4 members (excludes halogenated alkanes) is 1. The van der Waals surface area contributed by atoms with Gasteiger partial charge in [-0.25, -0.2) is 4.39 Å². The van der Waals surface area contributed by atoms with Crippen LogP contribution in [0.25, 0.3) is 0 Å². The van der Waals surface area contributed by atoms with Gasteiger partial charge in [0.25, 0.3) is 5.91 Å². The van der Waals surface area contributed by atoms with Crippen LogP contribution in [0.2, 0.25) is 0 Å². The highest BCUT2D eigenvalue weighted by atomic mass is 19.1. The predicted octanol–water partition coefficient (Wildman–Crippen LogP) is 4.49. The fraction of sp³-hybridized carbons (Fsp3) is 0.440. The van der Waals surface area contributed by atoms with E-state index < -0.39 is 6.04 Å². The van der Waals surface area contributed by atoms with E-state index in [4.69, 9.17) is 4.74 Å². The Bertz CT molecular complexity index is 822. The third-order valence-electron chi connectivity index (χ3n) is 5.18. The fourth-order valence-corrected chi connectivity index (χ4v) is 3.26. The van der Waals surface area contributed by atoms with Crippen LogP contribution in [0.1, 0.15) is 51.2 Å². The quantitative estimate of drug-likeness (QED) is 0.507. The lowest BCUT2D eigenvalue weighted by molar-refractivity contribution is -0.143. The summed E-state index contributed by atoms with van der Waals surface area (Å²) in [4.78, 5) is 27.4. The molecule has 0 unspecified atom stereocenters. The Morgan fingerprint density at radius 2 is 1.65 bits per heavy atom. The minimum absolute atomic E-state index is 0.175. The van der Waals surface area contributed by atoms with Gasteiger partial charge in [-0.1, -0.05) is 51.5 Å². The number of amides is 2. The van der Waals surface area contributed by atoms with Gasteiger partial charge in [-0.3, -0.25) is 9.59 Å². The SMILES string of the molecule is CCCCNC(=O)[C@@H](CC)N(Cc1ccc(F)cc1)C(=O)COc1ccc(CC)cc1. The lowest BCUT2D eigenvalue weighted by Gasteiger charge is -2.30. The minimum Gasteiger partial charge on any atom is -0.484 e. The molecular weight excluding hydrogens is 395 g/mol. The van der Waals surface area contributed by atoms with Gasteiger partial charge >= 0.3 is 0 Å². The second-order valence-electron chi connectivity index (χ2n) is 7.50. The molecule has 1 N–H and O–H groups in total. The van der Waals surface area contributed by atoms with E-state index in [-0.39, 0.29) is 30.8 Å². The summed E-state index contributed by atoms with van der Waals surface area (Å²) in [6.07, 6.45) is 3.25. The van der Waals surface area contributed by atoms with E-state index in [1.165, 1.54) is 22.6 Å². The highest BCUT2D eigenvalue weighted by Crippen LogP contribution is 2.16. The molecule has 6 heteroatoms. The maximum absolute atomic E-state index is 13.3. The molecule has 2 amide bonds. The molecular formula is C25H33FN2O3. The number of rotatable bonds is 12. The zero-order chi connectivity index (χ0) is 22.6. The topological polar surface area (TPSA) is 58.6 Å². The number of aryl methyl sites for hydroxylation is 1. The van der Waals surface area contributed by atoms with Crippen LogP contribution in [0.5, 0.6) is 5.75 Å². The van der Waals surface area contributed by atoms with Crippen molar-refractivity contribution in [1.29, 1.82) is 0 Å². The summed E-state index contributed by atoms with van der Waals surface area (Å²) in [6.45, 7) is 6.60. The molecule has 0 aromatic heterocycles. The van der Waals surface area contributed by atoms with E-state index in [9.17, 15) is 14.0 Å². The molecule has 0 radical (unpaired) electrons. The standard InChI is InChI=1S/C25H33FN2O3/c1-4-7-16-27-25(30)23(6-3)28(17-20-8-12-21(26)13-9-20)24(29)18-31-22-14-10-19(5-2)11-15-22/h8-15,23H,4-7,16-18H2,1-3H3,(H,27,30)/t23-/m1/s1. The second-order valence-corrected chi connectivity index (χ2v) is 7.50. The molecule has 0 aliphatic rings. The third kappa shape index (κ3) is 7.70. The molecule has 1 atom stereocenters. The van der Waals surface area contributed by atoms with E-state index in [1.54, 1.807) is 12.1 Å². The van der Waals surface area contributed by atoms with Crippen LogP contribution in [0.4, 0.5) is 4.39 Å². The molecule has 0 aliphatic carbocycles. The van der Waals surface area contributed by atoms with Crippen LogP contribution in [-0.4, -0.2) is 35.9 Å². The van der Waals surface area contributed by atoms with Crippen molar-refractivity contribution in [3.05, 3.63) is 65.5 Å². The number of carbonyl (C=O) groups excluding carboxylic acids is 2. The van der Waals surface area contributed by atoms with Crippen LogP contribution in [0.3, 0.4) is 0 Å². The Kier molecular flexibility index (Phi) is 10.0. The zero-order valence-corrected chi connectivity index (χ0v) is 18.7. The van der Waals surface area contributed by atoms with Gasteiger partial charge < -0.3 is 15.0 Å². The van der Waals surface area contributed by atoms with E-state index >= 15 is 0 Å². The molecule has 0 spiro atoms. The number of hydrogen-bond acceptors (Lipinski definition) is 3. The van der Waals surface area contributed by atoms with E-state index in [1.807, 2.05) is 31.2 Å². The summed E-state index contributed by atoms with van der Waals surface area (Å²) in [5, 5.41) is 2.92. The number of nitrogens with zero attached hydrogens (tertiary/aromatic N) is 1. The van der Waals surface area contributed by atoms with Gasteiger partial charge in [-0.2, -0.15) is 0 Å². The van der Waals surface area contributed by atoms with Crippen molar-refractivity contribution in [2.24, 2.45) is 0 Å². The van der Waals surface area contributed by atoms with Crippen LogP contribution in [0.15, 0.2) is 48.5 Å². The Morgan fingerprint density at radius 1 is 1.00 bits per heavy atom. The first kappa shape index (κ1) is 24.4. The largest absolute Gasteiger partial charge is 0.484 e. The van der Waals surface area contributed by atoms with Crippen molar-refractivity contribution in [2.45, 2.75) is 59.0 Å². The minimum atomic E-state index is -0.625. The molecule has 0 saturated carbocycles. The second kappa shape index (κ2) is 12.7. The van der Waals surface area contributed by atoms with Crippen molar-refractivity contribution in [2.75, 3.05) is 13.2 Å². The summed E-state index contributed by atoms with van der Waals surface area (Å²) in [7, 11) is 0. The van der Waals surface area contributed by atoms with Crippen molar-refractivity contribution in [3.8, 4) is 5.75 Å². The van der Waals surface area contributed by atoms with Gasteiger partial charge in [0.2, 0.25) is 5.91 Å². The molecule has 0 saturated heterocycles. The summed E-state index contributed by atoms with van der Waals surface area (Å²) in [5.41, 5.74) is 1.94. The average Bonchev–Trinajstić information content (AvgIpc) is 2.79. The maximum atomic E-state index is 13.3. The third-order valence-corrected chi connectivity index (χ3v) is 5.18. The predicted molar refractivity (Wildman–Crippen MR) is 120 cm³/mol. The Labute approximate surface area is 184 Å². The summed E-state index contributed by atoms with van der Waals surface area (Å²) in [5.74, 6) is -0.211. The van der Waals surface area contributed by atoms with E-state index in [2.05, 4.69) is 19.2 Å². The van der Waals surface area contributed by atoms with Crippen molar-refractivity contribution >= 4 is 11.8 Å². The van der Waals surface area contributed by atoms with Crippen LogP contribution >= 0.6 is 0 Å². The smallest absolute Gasteiger partial charge is 0.261 e. The fourth-order valence-electron chi connectivity index (χ4n) is 3.26. The molecule has 0 bridgehead atoms. The van der Waals surface area contributed by atoms with Gasteiger partial charge in [0, 0.05) is 13.1 Å². The lowest BCUT2D eigenvalue weighted by atomic mass is 10.1. The molecule has 168 valence electrons. The summed E-state index contributed by atoms with van der Waals surface area (Å²) >= 11 is 0. The van der Waals surface area contributed by atoms with E-state index in [0.29, 0.717) is 18.7 Å². The van der Waals surface area contributed by atoms with Gasteiger partial charge in [-0.15, -0.1) is 0 Å². The molecule has 2 aromatic rings. The van der Waals surface area contributed by atoms with Crippen LogP contribution < -0.4 is 10.1 Å². The highest BCUT2D eigenvalue weighted by Gasteiger charge is 2.28. The Hall–Kier alpha value is -2.89. The number of hydrogen-bond donors (Lipinski definition) is 1. The molecule has 0 fully saturated rings. The first-order chi connectivity index (χ1) is 15.0. The summed E-state index contributed by atoms with van der Waals surface area (Å²) in [6, 6.07) is 12.9. The molecule has 0 aliphatic heterocycles. The first-order valence-corrected chi connectivity index (χ1v) is 11.0. The van der Waals surface area contributed by atoms with Crippen molar-refractivity contribution < 1.29 is 18.7 Å². The average molecular weight is 429 g/mol. The summed E-state index contributed by atoms with van der Waals surface area (Å²) < 4.78 is 19.0. The molecule has 2 aromatic carbocycles. The van der Waals surface area contributed by atoms with E-state index in [0.717, 1.165) is 24.8 Å². The number of halogens is 1. The zero-order valence-electron chi connectivity index (χ0n) is 18.7. The molecule has 0 heterocycles. The van der Waals surface area contributed by atoms with Crippen molar-refractivity contribution in [3.63, 3.8) is 0 Å². The highest BCUT2D eigenvalue weighted by molar-refractivity contribution is 5.88. The van der Waals surface area contributed by atoms with Gasteiger partial charge in [0.15, 0.2) is 6.61 Å². The number of ether oxygens (including phenoxy) is 1. The number of carbonyl (C=O) groups is 2. The number of benzene rings is 2. The van der Waals surface area contributed by atoms with Gasteiger partial charge in [0.1, 0.15) is 17.6 Å². The number of nitrogens with one attached hydrogen (secondary N) is 1. The normalized spacial score (nSPS) is 11.6. The Morgan fingerprint density at radius 3 is 2.23 bits per heavy atom. The maximum Gasteiger partial charge on any atom is 0.261 e. The van der Waals surface area contributed by atoms with Crippen LogP contribution in [-0.2, 0) is 22.6 Å². The van der Waals surface area contributed by atoms with Crippen LogP contribution in [0, 0.1) is 5.82 Å².